The van der Waals surface area contributed by atoms with E-state index in [1.165, 1.54) is 152 Å². The fourth-order valence-corrected chi connectivity index (χ4v) is 15.9. The van der Waals surface area contributed by atoms with Crippen molar-refractivity contribution in [3.8, 4) is 33.4 Å². The summed E-state index contributed by atoms with van der Waals surface area (Å²) in [5.41, 5.74) is 27.4. The van der Waals surface area contributed by atoms with Crippen molar-refractivity contribution in [1.29, 1.82) is 0 Å². The first kappa shape index (κ1) is 48.8. The fourth-order valence-electron chi connectivity index (χ4n) is 14.6. The number of nitrogens with zero attached hydrogens (tertiary/aromatic N) is 2. The van der Waals surface area contributed by atoms with Gasteiger partial charge in [-0.25, -0.2) is 0 Å². The Hall–Kier alpha value is -5.84. The van der Waals surface area contributed by atoms with Gasteiger partial charge in [0.2, 0.25) is 0 Å². The molecule has 4 heteroatoms. The predicted molar refractivity (Wildman–Crippen MR) is 327 cm³/mol. The second-order valence-electron chi connectivity index (χ2n) is 28.7. The lowest BCUT2D eigenvalue weighted by molar-refractivity contribution is 0.332. The van der Waals surface area contributed by atoms with Crippen LogP contribution in [0.2, 0.25) is 0 Å². The van der Waals surface area contributed by atoms with Crippen molar-refractivity contribution in [1.82, 2.24) is 0 Å². The molecule has 0 radical (unpaired) electrons. The molecule has 0 saturated heterocycles. The van der Waals surface area contributed by atoms with Crippen LogP contribution in [0.25, 0.3) is 43.5 Å². The molecular formula is C71H77BN2S. The highest BCUT2D eigenvalue weighted by molar-refractivity contribution is 7.26. The molecule has 380 valence electrons. The molecule has 0 spiro atoms. The van der Waals surface area contributed by atoms with Crippen LogP contribution in [0.4, 0.5) is 27.8 Å². The van der Waals surface area contributed by atoms with Gasteiger partial charge in [0, 0.05) is 38.3 Å². The molecule has 1 aromatic heterocycles. The van der Waals surface area contributed by atoms with Gasteiger partial charge in [-0.15, -0.1) is 11.3 Å². The molecule has 2 aliphatic heterocycles. The van der Waals surface area contributed by atoms with Crippen molar-refractivity contribution in [2.24, 2.45) is 0 Å². The molecule has 0 fully saturated rings. The van der Waals surface area contributed by atoms with E-state index in [0.717, 1.165) is 0 Å². The third-order valence-corrected chi connectivity index (χ3v) is 20.6. The van der Waals surface area contributed by atoms with Gasteiger partial charge in [-0.2, -0.15) is 0 Å². The number of anilines is 5. The van der Waals surface area contributed by atoms with Gasteiger partial charge in [-0.3, -0.25) is 0 Å². The Labute approximate surface area is 453 Å². The number of hydrogen-bond acceptors (Lipinski definition) is 3. The van der Waals surface area contributed by atoms with Crippen LogP contribution in [0.3, 0.4) is 0 Å². The molecule has 0 amide bonds. The van der Waals surface area contributed by atoms with E-state index in [0.29, 0.717) is 0 Å². The monoisotopic (exact) mass is 1000 g/mol. The van der Waals surface area contributed by atoms with Gasteiger partial charge < -0.3 is 9.71 Å². The zero-order valence-electron chi connectivity index (χ0n) is 47.8. The highest BCUT2D eigenvalue weighted by Crippen LogP contribution is 2.61. The number of benzene rings is 7. The molecule has 0 atom stereocenters. The van der Waals surface area contributed by atoms with Crippen LogP contribution in [-0.4, -0.2) is 6.85 Å². The van der Waals surface area contributed by atoms with Gasteiger partial charge in [0.25, 0.3) is 0 Å². The number of rotatable bonds is 3. The molecule has 5 aliphatic rings. The first-order valence-electron chi connectivity index (χ1n) is 28.2. The minimum atomic E-state index is -0.293. The molecule has 3 heterocycles. The van der Waals surface area contributed by atoms with Crippen LogP contribution in [-0.2, 0) is 37.9 Å². The van der Waals surface area contributed by atoms with Crippen LogP contribution in [0.5, 0.6) is 0 Å². The van der Waals surface area contributed by atoms with Crippen LogP contribution >= 0.6 is 11.3 Å². The zero-order chi connectivity index (χ0) is 52.9. The summed E-state index contributed by atoms with van der Waals surface area (Å²) in [5.74, 6) is 0. The molecule has 7 aromatic carbocycles. The lowest BCUT2D eigenvalue weighted by atomic mass is 9.43. The number of thiophene rings is 1. The van der Waals surface area contributed by atoms with Crippen molar-refractivity contribution in [3.05, 3.63) is 172 Å². The minimum Gasteiger partial charge on any atom is -0.376 e. The van der Waals surface area contributed by atoms with Gasteiger partial charge in [-0.05, 0) is 196 Å². The smallest absolute Gasteiger partial charge is 0.334 e. The summed E-state index contributed by atoms with van der Waals surface area (Å²) < 4.78 is 1.39. The first-order chi connectivity index (χ1) is 35.2. The molecule has 0 saturated carbocycles. The average molecular weight is 1000 g/mol. The molecule has 0 bridgehead atoms. The molecule has 8 aromatic rings. The number of fused-ring (bicyclic) bond motifs is 12. The summed E-state index contributed by atoms with van der Waals surface area (Å²) in [6.07, 6.45) is 4.72. The van der Waals surface area contributed by atoms with E-state index in [4.69, 9.17) is 0 Å². The van der Waals surface area contributed by atoms with E-state index in [2.05, 4.69) is 248 Å². The second-order valence-corrected chi connectivity index (χ2v) is 29.7. The van der Waals surface area contributed by atoms with Gasteiger partial charge in [0.05, 0.1) is 10.7 Å². The molecular weight excluding hydrogens is 924 g/mol. The highest BCUT2D eigenvalue weighted by atomic mass is 32.1. The predicted octanol–water partition coefficient (Wildman–Crippen LogP) is 18.9. The molecule has 0 unspecified atom stereocenters. The van der Waals surface area contributed by atoms with Crippen molar-refractivity contribution in [2.45, 2.75) is 174 Å². The van der Waals surface area contributed by atoms with Gasteiger partial charge >= 0.3 is 6.85 Å². The summed E-state index contributed by atoms with van der Waals surface area (Å²) >= 11 is 2.04. The maximum absolute atomic E-state index is 2.84. The Morgan fingerprint density at radius 2 is 1.01 bits per heavy atom. The van der Waals surface area contributed by atoms with Gasteiger partial charge in [0.15, 0.2) is 0 Å². The van der Waals surface area contributed by atoms with Crippen LogP contribution < -0.4 is 20.6 Å². The Kier molecular flexibility index (Phi) is 10.2. The summed E-state index contributed by atoms with van der Waals surface area (Å²) in [6.45, 7) is 39.0. The SMILES string of the molecule is CC(C)(C)c1ccc2c(c1)-c1cc3c(c4c1B(c1c(sc5cc6c(cc15)C(C)(C)CCC6(C)C)N4c1ccc(C(C)(C)C)cc1-c1ccccc1)N2c1ccc2c(c1)C(C)(C)CCC2(C)C)C(C)(C)c1ccccc1-3. The summed E-state index contributed by atoms with van der Waals surface area (Å²) in [6, 6.07) is 51.3. The Morgan fingerprint density at radius 1 is 0.453 bits per heavy atom. The lowest BCUT2D eigenvalue weighted by Gasteiger charge is -2.48. The topological polar surface area (TPSA) is 6.48 Å². The van der Waals surface area contributed by atoms with Gasteiger partial charge in [-0.1, -0.05) is 184 Å². The largest absolute Gasteiger partial charge is 0.376 e. The highest BCUT2D eigenvalue weighted by Gasteiger charge is 2.53. The van der Waals surface area contributed by atoms with E-state index in [9.17, 15) is 0 Å². The Bertz CT molecular complexity index is 3730. The third kappa shape index (κ3) is 7.02. The molecule has 75 heavy (non-hydrogen) atoms. The molecule has 13 rings (SSSR count). The zero-order valence-corrected chi connectivity index (χ0v) is 48.6. The maximum Gasteiger partial charge on any atom is 0.334 e. The third-order valence-electron chi connectivity index (χ3n) is 19.5. The van der Waals surface area contributed by atoms with Crippen molar-refractivity contribution in [3.63, 3.8) is 0 Å². The van der Waals surface area contributed by atoms with Gasteiger partial charge in [0.1, 0.15) is 0 Å². The molecule has 2 nitrogen and oxygen atoms in total. The standard InChI is InChI=1S/C71H77BN2S/c1-65(2,3)43-26-30-57(47(36-43)42-22-18-17-19-23-42)73-63-60-49(46-24-20-21-25-52(46)71(60,15)16)39-50-48-37-44(66(4,5)6)27-31-58(48)74(45-28-29-53-54(38-45)68(9,10)33-32-67(53,7)8)72(61(50)63)62-51-40-55-56(41-59(51)75-64(62)73)70(13,14)35-34-69(55,11)12/h17-31,36-41H,32-35H2,1-16H3. The maximum atomic E-state index is 2.84. The van der Waals surface area contributed by atoms with E-state index in [1.54, 1.807) is 0 Å². The molecule has 0 N–H and O–H groups in total. The van der Waals surface area contributed by atoms with Crippen molar-refractivity contribution >= 4 is 66.9 Å². The first-order valence-corrected chi connectivity index (χ1v) is 29.0. The average Bonchev–Trinajstić information content (AvgIpc) is 3.86. The van der Waals surface area contributed by atoms with Crippen LogP contribution in [0, 0.1) is 0 Å². The summed E-state index contributed by atoms with van der Waals surface area (Å²) in [5, 5.41) is 2.74. The normalized spacial score (nSPS) is 18.9. The Balaban J connectivity index is 1.24. The second kappa shape index (κ2) is 15.7. The summed E-state index contributed by atoms with van der Waals surface area (Å²) in [4.78, 5) is 5.66. The van der Waals surface area contributed by atoms with Crippen LogP contribution in [0.15, 0.2) is 127 Å². The Morgan fingerprint density at radius 3 is 1.65 bits per heavy atom. The van der Waals surface area contributed by atoms with Crippen molar-refractivity contribution in [2.75, 3.05) is 9.71 Å². The van der Waals surface area contributed by atoms with E-state index in [-0.39, 0.29) is 44.8 Å². The van der Waals surface area contributed by atoms with Crippen LogP contribution in [0.1, 0.15) is 181 Å². The fraction of sp³-hybridized carbons (Fsp3) is 0.380. The quantitative estimate of drug-likeness (QED) is 0.163. The lowest BCUT2D eigenvalue weighted by Crippen LogP contribution is -2.61. The van der Waals surface area contributed by atoms with E-state index < -0.39 is 0 Å². The molecule has 3 aliphatic carbocycles. The van der Waals surface area contributed by atoms with Crippen molar-refractivity contribution < 1.29 is 0 Å². The number of hydrogen-bond donors (Lipinski definition) is 0. The van der Waals surface area contributed by atoms with E-state index >= 15 is 0 Å². The van der Waals surface area contributed by atoms with E-state index in [1.807, 2.05) is 11.3 Å². The summed E-state index contributed by atoms with van der Waals surface area (Å²) in [7, 11) is 0. The minimum absolute atomic E-state index is 0.0407.